The van der Waals surface area contributed by atoms with Crippen LogP contribution in [0.5, 0.6) is 0 Å². The number of nitrogens with one attached hydrogen (secondary N) is 1. The predicted octanol–water partition coefficient (Wildman–Crippen LogP) is -0.310. The van der Waals surface area contributed by atoms with Crippen LogP contribution in [-0.2, 0) is 9.53 Å². The number of nitrogens with zero attached hydrogens (tertiary/aromatic N) is 4. The quantitative estimate of drug-likeness (QED) is 0.746. The van der Waals surface area contributed by atoms with Crippen LogP contribution in [0.3, 0.4) is 0 Å². The predicted molar refractivity (Wildman–Crippen MR) is 67.4 cm³/mol. The van der Waals surface area contributed by atoms with Crippen LogP contribution >= 0.6 is 0 Å². The third kappa shape index (κ3) is 2.98. The number of carbonyl (C=O) groups excluding carboxylic acids is 1. The molecule has 2 heterocycles. The molecule has 7 heteroatoms. The second-order valence-corrected chi connectivity index (χ2v) is 4.04. The van der Waals surface area contributed by atoms with Gasteiger partial charge < -0.3 is 15.0 Å². The minimum absolute atomic E-state index is 0.256. The maximum atomic E-state index is 11.9. The summed E-state index contributed by atoms with van der Waals surface area (Å²) in [6.45, 7) is 4.05. The molecule has 0 saturated carbocycles. The van der Waals surface area contributed by atoms with Crippen LogP contribution < -0.4 is 10.2 Å². The lowest BCUT2D eigenvalue weighted by molar-refractivity contribution is -0.144. The van der Waals surface area contributed by atoms with Crippen molar-refractivity contribution in [1.82, 2.24) is 15.3 Å². The summed E-state index contributed by atoms with van der Waals surface area (Å²) in [5.41, 5.74) is 0.256. The monoisotopic (exact) mass is 261 g/mol. The molecule has 0 bridgehead atoms. The van der Waals surface area contributed by atoms with Gasteiger partial charge in [-0.2, -0.15) is 5.26 Å². The Morgan fingerprint density at radius 3 is 3.11 bits per heavy atom. The molecule has 0 spiro atoms. The van der Waals surface area contributed by atoms with Gasteiger partial charge in [0, 0.05) is 19.6 Å². The smallest absolute Gasteiger partial charge is 0.330 e. The molecular formula is C12H15N5O2. The minimum Gasteiger partial charge on any atom is -0.464 e. The first-order valence-corrected chi connectivity index (χ1v) is 6.12. The average Bonchev–Trinajstić information content (AvgIpc) is 2.47. The average molecular weight is 261 g/mol. The highest BCUT2D eigenvalue weighted by Crippen LogP contribution is 2.15. The molecule has 1 fully saturated rings. The normalized spacial score (nSPS) is 18.7. The van der Waals surface area contributed by atoms with E-state index in [4.69, 9.17) is 10.00 Å². The topological polar surface area (TPSA) is 91.1 Å². The van der Waals surface area contributed by atoms with Gasteiger partial charge in [0.25, 0.3) is 0 Å². The molecule has 1 aromatic rings. The van der Waals surface area contributed by atoms with Gasteiger partial charge in [0.15, 0.2) is 5.69 Å². The first-order chi connectivity index (χ1) is 9.26. The summed E-state index contributed by atoms with van der Waals surface area (Å²) in [5, 5.41) is 11.9. The van der Waals surface area contributed by atoms with Crippen LogP contribution in [0, 0.1) is 11.3 Å². The third-order valence-electron chi connectivity index (χ3n) is 2.85. The number of esters is 1. The van der Waals surface area contributed by atoms with E-state index < -0.39 is 6.04 Å². The van der Waals surface area contributed by atoms with Gasteiger partial charge in [0.05, 0.1) is 19.0 Å². The van der Waals surface area contributed by atoms with Crippen LogP contribution in [-0.4, -0.2) is 48.2 Å². The van der Waals surface area contributed by atoms with E-state index >= 15 is 0 Å². The number of hydrogen-bond donors (Lipinski definition) is 1. The molecule has 1 aliphatic rings. The molecule has 19 heavy (non-hydrogen) atoms. The van der Waals surface area contributed by atoms with Crippen molar-refractivity contribution in [2.45, 2.75) is 13.0 Å². The Morgan fingerprint density at radius 1 is 1.63 bits per heavy atom. The SMILES string of the molecule is CCOC(=O)C1CNCCN1c1cnc(C#N)cn1. The van der Waals surface area contributed by atoms with Crippen molar-refractivity contribution in [3.05, 3.63) is 18.1 Å². The first-order valence-electron chi connectivity index (χ1n) is 6.12. The molecule has 0 radical (unpaired) electrons. The van der Waals surface area contributed by atoms with Crippen molar-refractivity contribution in [2.24, 2.45) is 0 Å². The Kier molecular flexibility index (Phi) is 4.26. The number of ether oxygens (including phenoxy) is 1. The molecule has 7 nitrogen and oxygen atoms in total. The van der Waals surface area contributed by atoms with Crippen molar-refractivity contribution >= 4 is 11.8 Å². The van der Waals surface area contributed by atoms with Crippen molar-refractivity contribution in [2.75, 3.05) is 31.1 Å². The molecule has 100 valence electrons. The zero-order chi connectivity index (χ0) is 13.7. The van der Waals surface area contributed by atoms with E-state index in [0.29, 0.717) is 25.5 Å². The first kappa shape index (κ1) is 13.2. The fourth-order valence-electron chi connectivity index (χ4n) is 1.95. The van der Waals surface area contributed by atoms with Crippen molar-refractivity contribution in [1.29, 1.82) is 5.26 Å². The van der Waals surface area contributed by atoms with Crippen LogP contribution in [0.2, 0.25) is 0 Å². The number of anilines is 1. The molecule has 1 unspecified atom stereocenters. The van der Waals surface area contributed by atoms with Gasteiger partial charge in [-0.25, -0.2) is 14.8 Å². The Balaban J connectivity index is 2.18. The summed E-state index contributed by atoms with van der Waals surface area (Å²) < 4.78 is 5.06. The Morgan fingerprint density at radius 2 is 2.47 bits per heavy atom. The Bertz CT molecular complexity index is 482. The maximum absolute atomic E-state index is 11.9. The summed E-state index contributed by atoms with van der Waals surface area (Å²) in [7, 11) is 0. The maximum Gasteiger partial charge on any atom is 0.330 e. The summed E-state index contributed by atoms with van der Waals surface area (Å²) in [5.74, 6) is 0.305. The highest BCUT2D eigenvalue weighted by molar-refractivity contribution is 5.80. The largest absolute Gasteiger partial charge is 0.464 e. The van der Waals surface area contributed by atoms with Crippen LogP contribution in [0.25, 0.3) is 0 Å². The molecule has 0 aliphatic carbocycles. The highest BCUT2D eigenvalue weighted by Gasteiger charge is 2.30. The van der Waals surface area contributed by atoms with Crippen molar-refractivity contribution in [3.63, 3.8) is 0 Å². The minimum atomic E-state index is -0.407. The number of nitriles is 1. The van der Waals surface area contributed by atoms with Gasteiger partial charge in [0.1, 0.15) is 17.9 Å². The van der Waals surface area contributed by atoms with Crippen molar-refractivity contribution < 1.29 is 9.53 Å². The summed E-state index contributed by atoms with van der Waals surface area (Å²) in [6.07, 6.45) is 2.91. The molecule has 0 aromatic carbocycles. The van der Waals surface area contributed by atoms with E-state index in [0.717, 1.165) is 6.54 Å². The lowest BCUT2D eigenvalue weighted by atomic mass is 10.2. The van der Waals surface area contributed by atoms with E-state index in [-0.39, 0.29) is 11.7 Å². The number of carbonyl (C=O) groups is 1. The number of aromatic nitrogens is 2. The Labute approximate surface area is 111 Å². The van der Waals surface area contributed by atoms with Gasteiger partial charge in [-0.05, 0) is 6.92 Å². The van der Waals surface area contributed by atoms with Gasteiger partial charge >= 0.3 is 5.97 Å². The second kappa shape index (κ2) is 6.11. The van der Waals surface area contributed by atoms with Crippen LogP contribution in [0.15, 0.2) is 12.4 Å². The van der Waals surface area contributed by atoms with E-state index in [2.05, 4.69) is 15.3 Å². The molecular weight excluding hydrogens is 246 g/mol. The molecule has 1 saturated heterocycles. The second-order valence-electron chi connectivity index (χ2n) is 4.04. The zero-order valence-corrected chi connectivity index (χ0v) is 10.7. The van der Waals surface area contributed by atoms with Crippen LogP contribution in [0.4, 0.5) is 5.82 Å². The number of piperazine rings is 1. The Hall–Kier alpha value is -2.20. The van der Waals surface area contributed by atoms with Crippen molar-refractivity contribution in [3.8, 4) is 6.07 Å². The standard InChI is InChI=1S/C12H15N5O2/c1-2-19-12(18)10-7-14-3-4-17(10)11-8-15-9(5-13)6-16-11/h6,8,10,14H,2-4,7H2,1H3. The molecule has 1 N–H and O–H groups in total. The van der Waals surface area contributed by atoms with Gasteiger partial charge in [-0.3, -0.25) is 0 Å². The molecule has 0 amide bonds. The molecule has 2 rings (SSSR count). The summed E-state index contributed by atoms with van der Waals surface area (Å²) in [6, 6.07) is 1.51. The fourth-order valence-corrected chi connectivity index (χ4v) is 1.95. The van der Waals surface area contributed by atoms with Gasteiger partial charge in [0.2, 0.25) is 0 Å². The van der Waals surface area contributed by atoms with E-state index in [9.17, 15) is 4.79 Å². The lowest BCUT2D eigenvalue weighted by Crippen LogP contribution is -2.56. The number of hydrogen-bond acceptors (Lipinski definition) is 7. The lowest BCUT2D eigenvalue weighted by Gasteiger charge is -2.35. The fraction of sp³-hybridized carbons (Fsp3) is 0.500. The van der Waals surface area contributed by atoms with Gasteiger partial charge in [-0.1, -0.05) is 0 Å². The molecule has 1 aromatic heterocycles. The van der Waals surface area contributed by atoms with E-state index in [1.807, 2.05) is 11.0 Å². The molecule has 1 atom stereocenters. The van der Waals surface area contributed by atoms with Crippen LogP contribution in [0.1, 0.15) is 12.6 Å². The zero-order valence-electron chi connectivity index (χ0n) is 10.7. The summed E-state index contributed by atoms with van der Waals surface area (Å²) in [4.78, 5) is 21.9. The summed E-state index contributed by atoms with van der Waals surface area (Å²) >= 11 is 0. The van der Waals surface area contributed by atoms with E-state index in [1.54, 1.807) is 6.92 Å². The molecule has 1 aliphatic heterocycles. The van der Waals surface area contributed by atoms with E-state index in [1.165, 1.54) is 12.4 Å². The number of rotatable bonds is 3. The van der Waals surface area contributed by atoms with Gasteiger partial charge in [-0.15, -0.1) is 0 Å². The third-order valence-corrected chi connectivity index (χ3v) is 2.85. The highest BCUT2D eigenvalue weighted by atomic mass is 16.5.